The molecule has 0 radical (unpaired) electrons. The Kier molecular flexibility index (Phi) is 4.49. The van der Waals surface area contributed by atoms with E-state index in [1.54, 1.807) is 17.4 Å². The van der Waals surface area contributed by atoms with Crippen LogP contribution in [0, 0.1) is 17.1 Å². The number of nitrogens with one attached hydrogen (secondary N) is 1. The molecule has 0 unspecified atom stereocenters. The summed E-state index contributed by atoms with van der Waals surface area (Å²) in [5.74, 6) is -0.732. The number of thiophene rings is 1. The summed E-state index contributed by atoms with van der Waals surface area (Å²) in [5.41, 5.74) is 0.764. The highest BCUT2D eigenvalue weighted by Crippen LogP contribution is 2.14. The third-order valence-electron chi connectivity index (χ3n) is 2.65. The fraction of sp³-hybridized carbons (Fsp3) is 0.154. The molecule has 1 N–H and O–H groups in total. The van der Waals surface area contributed by atoms with Crippen LogP contribution in [0.25, 0.3) is 0 Å². The summed E-state index contributed by atoms with van der Waals surface area (Å²) in [6.07, 6.45) is 0.578. The first kappa shape index (κ1) is 14.7. The second-order valence-corrected chi connectivity index (χ2v) is 6.58. The van der Waals surface area contributed by atoms with Crippen molar-refractivity contribution in [3.63, 3.8) is 0 Å². The van der Waals surface area contributed by atoms with Crippen molar-refractivity contribution in [2.75, 3.05) is 6.54 Å². The van der Waals surface area contributed by atoms with E-state index in [0.29, 0.717) is 6.42 Å². The Morgan fingerprint density at radius 1 is 1.35 bits per heavy atom. The van der Waals surface area contributed by atoms with Crippen molar-refractivity contribution in [3.8, 4) is 6.07 Å². The van der Waals surface area contributed by atoms with Gasteiger partial charge in [-0.1, -0.05) is 0 Å². The van der Waals surface area contributed by atoms with Gasteiger partial charge in [0.05, 0.1) is 10.5 Å². The molecule has 20 heavy (non-hydrogen) atoms. The van der Waals surface area contributed by atoms with E-state index in [-0.39, 0.29) is 17.0 Å². The SMILES string of the molecule is N#Cc1cc(S(=O)(=O)NCCc2ccsc2)ccc1F. The molecule has 0 bridgehead atoms. The molecule has 0 saturated heterocycles. The van der Waals surface area contributed by atoms with Gasteiger partial charge in [-0.15, -0.1) is 0 Å². The van der Waals surface area contributed by atoms with E-state index in [0.717, 1.165) is 23.8 Å². The maximum atomic E-state index is 13.2. The van der Waals surface area contributed by atoms with Crippen molar-refractivity contribution in [2.45, 2.75) is 11.3 Å². The zero-order valence-electron chi connectivity index (χ0n) is 10.3. The number of rotatable bonds is 5. The molecule has 2 aromatic rings. The van der Waals surface area contributed by atoms with Gasteiger partial charge in [0.25, 0.3) is 0 Å². The van der Waals surface area contributed by atoms with Gasteiger partial charge in [0.1, 0.15) is 11.9 Å². The molecule has 0 saturated carbocycles. The maximum Gasteiger partial charge on any atom is 0.240 e. The molecular weight excluding hydrogens is 299 g/mol. The number of halogens is 1. The van der Waals surface area contributed by atoms with Crippen LogP contribution in [-0.4, -0.2) is 15.0 Å². The summed E-state index contributed by atoms with van der Waals surface area (Å²) >= 11 is 1.55. The number of nitrogens with zero attached hydrogens (tertiary/aromatic N) is 1. The summed E-state index contributed by atoms with van der Waals surface area (Å²) < 4.78 is 39.6. The van der Waals surface area contributed by atoms with Gasteiger partial charge in [-0.05, 0) is 47.0 Å². The van der Waals surface area contributed by atoms with Crippen molar-refractivity contribution in [3.05, 3.63) is 52.0 Å². The van der Waals surface area contributed by atoms with Crippen molar-refractivity contribution in [1.82, 2.24) is 4.72 Å². The van der Waals surface area contributed by atoms with Gasteiger partial charge in [-0.25, -0.2) is 17.5 Å². The number of benzene rings is 1. The van der Waals surface area contributed by atoms with Gasteiger partial charge in [-0.3, -0.25) is 0 Å². The lowest BCUT2D eigenvalue weighted by atomic mass is 10.2. The van der Waals surface area contributed by atoms with Gasteiger partial charge in [0.15, 0.2) is 0 Å². The summed E-state index contributed by atoms with van der Waals surface area (Å²) in [5, 5.41) is 12.6. The van der Waals surface area contributed by atoms with Crippen LogP contribution in [0.5, 0.6) is 0 Å². The molecule has 1 aromatic heterocycles. The Hall–Kier alpha value is -1.75. The molecule has 1 aromatic carbocycles. The minimum Gasteiger partial charge on any atom is -0.211 e. The monoisotopic (exact) mass is 310 g/mol. The summed E-state index contributed by atoms with van der Waals surface area (Å²) in [7, 11) is -3.73. The molecule has 1 heterocycles. The Bertz CT molecular complexity index is 734. The highest BCUT2D eigenvalue weighted by atomic mass is 32.2. The molecule has 0 atom stereocenters. The second-order valence-electron chi connectivity index (χ2n) is 4.03. The number of hydrogen-bond acceptors (Lipinski definition) is 4. The molecule has 0 aliphatic rings. The van der Waals surface area contributed by atoms with Crippen LogP contribution in [0.1, 0.15) is 11.1 Å². The molecular formula is C13H11FN2O2S2. The second kappa shape index (κ2) is 6.13. The molecule has 0 aliphatic carbocycles. The maximum absolute atomic E-state index is 13.2. The standard InChI is InChI=1S/C13H11FN2O2S2/c14-13-2-1-12(7-11(13)8-15)20(17,18)16-5-3-10-4-6-19-9-10/h1-2,4,6-7,9,16H,3,5H2. The van der Waals surface area contributed by atoms with Crippen LogP contribution in [0.2, 0.25) is 0 Å². The fourth-order valence-electron chi connectivity index (χ4n) is 1.61. The first-order valence-electron chi connectivity index (χ1n) is 5.73. The fourth-order valence-corrected chi connectivity index (χ4v) is 3.37. The Balaban J connectivity index is 2.08. The van der Waals surface area contributed by atoms with Crippen LogP contribution in [0.15, 0.2) is 39.9 Å². The summed E-state index contributed by atoms with van der Waals surface area (Å²) in [6.45, 7) is 0.248. The first-order valence-corrected chi connectivity index (χ1v) is 8.16. The van der Waals surface area contributed by atoms with Crippen molar-refractivity contribution in [1.29, 1.82) is 5.26 Å². The largest absolute Gasteiger partial charge is 0.240 e. The smallest absolute Gasteiger partial charge is 0.211 e. The van der Waals surface area contributed by atoms with Crippen LogP contribution in [-0.2, 0) is 16.4 Å². The van der Waals surface area contributed by atoms with E-state index in [2.05, 4.69) is 4.72 Å². The highest BCUT2D eigenvalue weighted by Gasteiger charge is 2.15. The van der Waals surface area contributed by atoms with E-state index >= 15 is 0 Å². The van der Waals surface area contributed by atoms with E-state index < -0.39 is 15.8 Å². The first-order chi connectivity index (χ1) is 9.53. The van der Waals surface area contributed by atoms with Crippen LogP contribution >= 0.6 is 11.3 Å². The zero-order valence-corrected chi connectivity index (χ0v) is 12.0. The Labute approximate surface area is 120 Å². The van der Waals surface area contributed by atoms with Gasteiger partial charge in [-0.2, -0.15) is 16.6 Å². The summed E-state index contributed by atoms with van der Waals surface area (Å²) in [6, 6.07) is 6.69. The van der Waals surface area contributed by atoms with Crippen molar-refractivity contribution >= 4 is 21.4 Å². The zero-order chi connectivity index (χ0) is 14.6. The quantitative estimate of drug-likeness (QED) is 0.921. The van der Waals surface area contributed by atoms with Gasteiger partial charge < -0.3 is 0 Å². The molecule has 0 fully saturated rings. The molecule has 0 amide bonds. The average molecular weight is 310 g/mol. The number of hydrogen-bond donors (Lipinski definition) is 1. The van der Waals surface area contributed by atoms with Crippen LogP contribution in [0.4, 0.5) is 4.39 Å². The lowest BCUT2D eigenvalue weighted by molar-refractivity contribution is 0.580. The highest BCUT2D eigenvalue weighted by molar-refractivity contribution is 7.89. The lowest BCUT2D eigenvalue weighted by Gasteiger charge is -2.06. The van der Waals surface area contributed by atoms with Crippen molar-refractivity contribution < 1.29 is 12.8 Å². The third-order valence-corrected chi connectivity index (χ3v) is 4.85. The molecule has 4 nitrogen and oxygen atoms in total. The lowest BCUT2D eigenvalue weighted by Crippen LogP contribution is -2.26. The predicted octanol–water partition coefficient (Wildman–Crippen LogP) is 2.28. The van der Waals surface area contributed by atoms with E-state index in [4.69, 9.17) is 5.26 Å². The van der Waals surface area contributed by atoms with Crippen LogP contribution in [0.3, 0.4) is 0 Å². The molecule has 7 heteroatoms. The molecule has 0 aliphatic heterocycles. The molecule has 2 rings (SSSR count). The van der Waals surface area contributed by atoms with E-state index in [9.17, 15) is 12.8 Å². The van der Waals surface area contributed by atoms with Gasteiger partial charge >= 0.3 is 0 Å². The minimum atomic E-state index is -3.73. The normalized spacial score (nSPS) is 11.2. The third kappa shape index (κ3) is 3.42. The number of nitriles is 1. The summed E-state index contributed by atoms with van der Waals surface area (Å²) in [4.78, 5) is -0.110. The molecule has 0 spiro atoms. The minimum absolute atomic E-state index is 0.110. The average Bonchev–Trinajstić information content (AvgIpc) is 2.92. The molecule has 104 valence electrons. The van der Waals surface area contributed by atoms with Crippen LogP contribution < -0.4 is 4.72 Å². The van der Waals surface area contributed by atoms with Gasteiger partial charge in [0.2, 0.25) is 10.0 Å². The Morgan fingerprint density at radius 3 is 2.80 bits per heavy atom. The number of sulfonamides is 1. The van der Waals surface area contributed by atoms with E-state index in [1.807, 2.05) is 16.8 Å². The Morgan fingerprint density at radius 2 is 2.15 bits per heavy atom. The van der Waals surface area contributed by atoms with Crippen molar-refractivity contribution in [2.24, 2.45) is 0 Å². The predicted molar refractivity (Wildman–Crippen MR) is 74.3 cm³/mol. The van der Waals surface area contributed by atoms with E-state index in [1.165, 1.54) is 0 Å². The van der Waals surface area contributed by atoms with Gasteiger partial charge in [0, 0.05) is 6.54 Å². The topological polar surface area (TPSA) is 70.0 Å².